The molecule has 1 saturated heterocycles. The van der Waals surface area contributed by atoms with Crippen molar-refractivity contribution in [3.05, 3.63) is 58.4 Å². The van der Waals surface area contributed by atoms with E-state index in [4.69, 9.17) is 25.8 Å². The molecule has 140 valence electrons. The summed E-state index contributed by atoms with van der Waals surface area (Å²) >= 11 is 6.09. The van der Waals surface area contributed by atoms with E-state index in [0.717, 1.165) is 37.1 Å². The quantitative estimate of drug-likeness (QED) is 0.740. The highest BCUT2D eigenvalue weighted by Gasteiger charge is 2.16. The van der Waals surface area contributed by atoms with Gasteiger partial charge in [0.2, 0.25) is 0 Å². The average Bonchev–Trinajstić information content (AvgIpc) is 3.15. The SMILES string of the molecule is COc1cccc(CNCC2CCCO2)c1OCc1ccc(F)cc1Cl. The molecule has 2 aromatic rings. The summed E-state index contributed by atoms with van der Waals surface area (Å²) in [5, 5.41) is 3.76. The Kier molecular flexibility index (Phi) is 6.72. The summed E-state index contributed by atoms with van der Waals surface area (Å²) in [4.78, 5) is 0. The lowest BCUT2D eigenvalue weighted by molar-refractivity contribution is 0.110. The van der Waals surface area contributed by atoms with E-state index >= 15 is 0 Å². The molecule has 0 radical (unpaired) electrons. The summed E-state index contributed by atoms with van der Waals surface area (Å²) in [5.74, 6) is 0.949. The maximum Gasteiger partial charge on any atom is 0.166 e. The molecule has 0 aromatic heterocycles. The molecule has 4 nitrogen and oxygen atoms in total. The van der Waals surface area contributed by atoms with Crippen LogP contribution in [0.3, 0.4) is 0 Å². The van der Waals surface area contributed by atoms with Crippen molar-refractivity contribution in [1.82, 2.24) is 5.32 Å². The van der Waals surface area contributed by atoms with Gasteiger partial charge in [0.1, 0.15) is 12.4 Å². The topological polar surface area (TPSA) is 39.7 Å². The van der Waals surface area contributed by atoms with Gasteiger partial charge < -0.3 is 19.5 Å². The fraction of sp³-hybridized carbons (Fsp3) is 0.400. The lowest BCUT2D eigenvalue weighted by Gasteiger charge is -2.17. The Morgan fingerprint density at radius 3 is 2.88 bits per heavy atom. The zero-order valence-corrected chi connectivity index (χ0v) is 15.5. The van der Waals surface area contributed by atoms with Gasteiger partial charge in [-0.3, -0.25) is 0 Å². The number of benzene rings is 2. The van der Waals surface area contributed by atoms with Gasteiger partial charge >= 0.3 is 0 Å². The molecular weight excluding hydrogens is 357 g/mol. The summed E-state index contributed by atoms with van der Waals surface area (Å²) in [6, 6.07) is 10.1. The zero-order chi connectivity index (χ0) is 18.4. The molecule has 1 unspecified atom stereocenters. The number of methoxy groups -OCH3 is 1. The van der Waals surface area contributed by atoms with Crippen LogP contribution < -0.4 is 14.8 Å². The van der Waals surface area contributed by atoms with E-state index in [-0.39, 0.29) is 18.5 Å². The number of para-hydroxylation sites is 1. The second kappa shape index (κ2) is 9.21. The van der Waals surface area contributed by atoms with Crippen molar-refractivity contribution < 1.29 is 18.6 Å². The van der Waals surface area contributed by atoms with Crippen molar-refractivity contribution in [2.24, 2.45) is 0 Å². The first-order valence-electron chi connectivity index (χ1n) is 8.72. The van der Waals surface area contributed by atoms with Crippen molar-refractivity contribution in [2.45, 2.75) is 32.1 Å². The first-order chi connectivity index (χ1) is 12.7. The van der Waals surface area contributed by atoms with Crippen LogP contribution in [0.2, 0.25) is 5.02 Å². The van der Waals surface area contributed by atoms with E-state index < -0.39 is 0 Å². The highest BCUT2D eigenvalue weighted by atomic mass is 35.5. The van der Waals surface area contributed by atoms with Gasteiger partial charge in [-0.15, -0.1) is 0 Å². The standard InChI is InChI=1S/C20H23ClFNO3/c1-24-19-6-2-4-14(11-23-12-17-5-3-9-25-17)20(19)26-13-15-7-8-16(22)10-18(15)21/h2,4,6-8,10,17,23H,3,5,9,11-13H2,1H3. The number of halogens is 2. The predicted molar refractivity (Wildman–Crippen MR) is 99.4 cm³/mol. The number of ether oxygens (including phenoxy) is 3. The van der Waals surface area contributed by atoms with Crippen LogP contribution in [0.15, 0.2) is 36.4 Å². The van der Waals surface area contributed by atoms with Gasteiger partial charge in [0.15, 0.2) is 11.5 Å². The van der Waals surface area contributed by atoms with E-state index in [0.29, 0.717) is 23.1 Å². The van der Waals surface area contributed by atoms with Gasteiger partial charge in [-0.05, 0) is 31.0 Å². The summed E-state index contributed by atoms with van der Waals surface area (Å²) in [6.45, 7) is 2.53. The molecule has 1 fully saturated rings. The minimum Gasteiger partial charge on any atom is -0.493 e. The largest absolute Gasteiger partial charge is 0.493 e. The van der Waals surface area contributed by atoms with Crippen molar-refractivity contribution >= 4 is 11.6 Å². The van der Waals surface area contributed by atoms with Gasteiger partial charge in [-0.2, -0.15) is 0 Å². The average molecular weight is 380 g/mol. The highest BCUT2D eigenvalue weighted by molar-refractivity contribution is 6.31. The molecular formula is C20H23ClFNO3. The van der Waals surface area contributed by atoms with E-state index in [1.54, 1.807) is 13.2 Å². The van der Waals surface area contributed by atoms with Gasteiger partial charge in [0.25, 0.3) is 0 Å². The van der Waals surface area contributed by atoms with Crippen molar-refractivity contribution in [3.63, 3.8) is 0 Å². The third-order valence-corrected chi connectivity index (χ3v) is 4.73. The van der Waals surface area contributed by atoms with Crippen LogP contribution in [0.1, 0.15) is 24.0 Å². The molecule has 0 bridgehead atoms. The van der Waals surface area contributed by atoms with Crippen LogP contribution in [0.25, 0.3) is 0 Å². The Bertz CT molecular complexity index is 735. The maximum absolute atomic E-state index is 13.2. The third-order valence-electron chi connectivity index (χ3n) is 4.38. The molecule has 0 amide bonds. The van der Waals surface area contributed by atoms with Crippen LogP contribution >= 0.6 is 11.6 Å². The minimum absolute atomic E-state index is 0.234. The van der Waals surface area contributed by atoms with Crippen LogP contribution in [0.4, 0.5) is 4.39 Å². The number of hydrogen-bond acceptors (Lipinski definition) is 4. The molecule has 3 rings (SSSR count). The van der Waals surface area contributed by atoms with Crippen molar-refractivity contribution in [2.75, 3.05) is 20.3 Å². The normalized spacial score (nSPS) is 16.7. The summed E-state index contributed by atoms with van der Waals surface area (Å²) in [7, 11) is 1.61. The van der Waals surface area contributed by atoms with Crippen LogP contribution in [0.5, 0.6) is 11.5 Å². The second-order valence-electron chi connectivity index (χ2n) is 6.24. The van der Waals surface area contributed by atoms with Crippen molar-refractivity contribution in [1.29, 1.82) is 0 Å². The van der Waals surface area contributed by atoms with Crippen LogP contribution in [-0.2, 0) is 17.9 Å². The van der Waals surface area contributed by atoms with E-state index in [9.17, 15) is 4.39 Å². The monoisotopic (exact) mass is 379 g/mol. The lowest BCUT2D eigenvalue weighted by atomic mass is 10.1. The van der Waals surface area contributed by atoms with Gasteiger partial charge in [0.05, 0.1) is 18.2 Å². The molecule has 0 saturated carbocycles. The number of nitrogens with one attached hydrogen (secondary N) is 1. The van der Waals surface area contributed by atoms with E-state index in [1.165, 1.54) is 12.1 Å². The molecule has 1 aliphatic rings. The predicted octanol–water partition coefficient (Wildman–Crippen LogP) is 4.34. The molecule has 6 heteroatoms. The molecule has 1 heterocycles. The zero-order valence-electron chi connectivity index (χ0n) is 14.8. The molecule has 0 aliphatic carbocycles. The van der Waals surface area contributed by atoms with Crippen LogP contribution in [0, 0.1) is 5.82 Å². The molecule has 1 atom stereocenters. The minimum atomic E-state index is -0.366. The Hall–Kier alpha value is -1.82. The number of rotatable bonds is 8. The number of hydrogen-bond donors (Lipinski definition) is 1. The Balaban J connectivity index is 1.67. The lowest BCUT2D eigenvalue weighted by Crippen LogP contribution is -2.26. The van der Waals surface area contributed by atoms with Gasteiger partial charge in [-0.1, -0.05) is 29.8 Å². The first kappa shape index (κ1) is 19.0. The molecule has 1 aliphatic heterocycles. The summed E-state index contributed by atoms with van der Waals surface area (Å²) < 4.78 is 30.2. The van der Waals surface area contributed by atoms with Crippen molar-refractivity contribution in [3.8, 4) is 11.5 Å². The third kappa shape index (κ3) is 4.87. The molecule has 1 N–H and O–H groups in total. The Morgan fingerprint density at radius 2 is 2.15 bits per heavy atom. The van der Waals surface area contributed by atoms with Gasteiger partial charge in [0, 0.05) is 30.8 Å². The Morgan fingerprint density at radius 1 is 1.27 bits per heavy atom. The van der Waals surface area contributed by atoms with Gasteiger partial charge in [-0.25, -0.2) is 4.39 Å². The fourth-order valence-electron chi connectivity index (χ4n) is 2.99. The summed E-state index contributed by atoms with van der Waals surface area (Å²) in [6.07, 6.45) is 2.50. The second-order valence-corrected chi connectivity index (χ2v) is 6.65. The molecule has 26 heavy (non-hydrogen) atoms. The molecule has 0 spiro atoms. The fourth-order valence-corrected chi connectivity index (χ4v) is 3.21. The Labute approximate surface area is 158 Å². The molecule has 2 aromatic carbocycles. The van der Waals surface area contributed by atoms with Crippen LogP contribution in [-0.4, -0.2) is 26.4 Å². The van der Waals surface area contributed by atoms with E-state index in [1.807, 2.05) is 18.2 Å². The summed E-state index contributed by atoms with van der Waals surface area (Å²) in [5.41, 5.74) is 1.71. The first-order valence-corrected chi connectivity index (χ1v) is 9.10. The maximum atomic E-state index is 13.2. The highest BCUT2D eigenvalue weighted by Crippen LogP contribution is 2.32. The smallest absolute Gasteiger partial charge is 0.166 e. The van der Waals surface area contributed by atoms with E-state index in [2.05, 4.69) is 5.32 Å².